The van der Waals surface area contributed by atoms with Crippen LogP contribution in [0, 0.1) is 0 Å². The molecule has 4 rings (SSSR count). The van der Waals surface area contributed by atoms with Crippen LogP contribution in [0.25, 0.3) is 22.5 Å². The summed E-state index contributed by atoms with van der Waals surface area (Å²) in [4.78, 5) is 15.0. The van der Waals surface area contributed by atoms with Crippen LogP contribution in [0.2, 0.25) is 0 Å². The minimum Gasteiger partial charge on any atom is -0.298 e. The molecule has 0 aliphatic rings. The average Bonchev–Trinajstić information content (AvgIpc) is 3.26. The fourth-order valence-corrected chi connectivity index (χ4v) is 3.82. The molecule has 0 N–H and O–H groups in total. The van der Waals surface area contributed by atoms with Gasteiger partial charge in [0.05, 0.1) is 4.90 Å². The Balaban J connectivity index is 1.63. The van der Waals surface area contributed by atoms with Crippen molar-refractivity contribution >= 4 is 16.3 Å². The summed E-state index contributed by atoms with van der Waals surface area (Å²) in [5.74, 6) is 0.266. The number of hydrogen-bond donors (Lipinski definition) is 0. The molecule has 7 heteroatoms. The van der Waals surface area contributed by atoms with Crippen molar-refractivity contribution in [3.05, 3.63) is 90.8 Å². The number of hydrogen-bond acceptors (Lipinski definition) is 5. The largest absolute Gasteiger partial charge is 0.298 e. The average molecular weight is 389 g/mol. The van der Waals surface area contributed by atoms with Crippen molar-refractivity contribution in [2.24, 2.45) is 0 Å². The standard InChI is InChI=1S/C21H15N3O3S/c25-14-16-6-8-19(9-7-16)21-22-15-24(23-21)28(26,27)20-12-10-18(11-13-20)17-4-2-1-3-5-17/h1-15H. The summed E-state index contributed by atoms with van der Waals surface area (Å²) in [6.07, 6.45) is 1.91. The van der Waals surface area contributed by atoms with Crippen LogP contribution in [0.4, 0.5) is 0 Å². The summed E-state index contributed by atoms with van der Waals surface area (Å²) in [7, 11) is -3.85. The Bertz CT molecular complexity index is 1210. The lowest BCUT2D eigenvalue weighted by atomic mass is 10.1. The lowest BCUT2D eigenvalue weighted by Crippen LogP contribution is -2.13. The van der Waals surface area contributed by atoms with Crippen molar-refractivity contribution in [1.82, 2.24) is 14.2 Å². The van der Waals surface area contributed by atoms with Gasteiger partial charge in [0.2, 0.25) is 0 Å². The van der Waals surface area contributed by atoms with E-state index >= 15 is 0 Å². The van der Waals surface area contributed by atoms with Crippen molar-refractivity contribution in [3.63, 3.8) is 0 Å². The van der Waals surface area contributed by atoms with E-state index in [1.807, 2.05) is 30.3 Å². The van der Waals surface area contributed by atoms with Gasteiger partial charge in [0.1, 0.15) is 12.6 Å². The number of aromatic nitrogens is 3. The van der Waals surface area contributed by atoms with Gasteiger partial charge in [-0.1, -0.05) is 66.7 Å². The predicted molar refractivity (Wildman–Crippen MR) is 105 cm³/mol. The number of benzene rings is 3. The van der Waals surface area contributed by atoms with Gasteiger partial charge in [0, 0.05) is 11.1 Å². The molecule has 0 amide bonds. The molecule has 0 saturated carbocycles. The van der Waals surface area contributed by atoms with E-state index in [0.717, 1.165) is 21.5 Å². The molecule has 0 radical (unpaired) electrons. The molecule has 6 nitrogen and oxygen atoms in total. The molecule has 0 unspecified atom stereocenters. The Morgan fingerprint density at radius 3 is 2.00 bits per heavy atom. The van der Waals surface area contributed by atoms with Gasteiger partial charge < -0.3 is 0 Å². The van der Waals surface area contributed by atoms with E-state index in [0.29, 0.717) is 11.1 Å². The number of rotatable bonds is 5. The quantitative estimate of drug-likeness (QED) is 0.487. The Labute approximate surface area is 162 Å². The second-order valence-corrected chi connectivity index (χ2v) is 7.87. The number of carbonyl (C=O) groups is 1. The van der Waals surface area contributed by atoms with Crippen LogP contribution in [-0.4, -0.2) is 28.9 Å². The first kappa shape index (κ1) is 17.8. The highest BCUT2D eigenvalue weighted by molar-refractivity contribution is 7.89. The van der Waals surface area contributed by atoms with Crippen molar-refractivity contribution in [2.45, 2.75) is 4.90 Å². The maximum atomic E-state index is 12.8. The number of aldehydes is 1. The minimum absolute atomic E-state index is 0.125. The molecule has 0 bridgehead atoms. The molecular weight excluding hydrogens is 374 g/mol. The summed E-state index contributed by atoms with van der Waals surface area (Å²) in [5.41, 5.74) is 3.08. The zero-order valence-corrected chi connectivity index (χ0v) is 15.5. The third-order valence-corrected chi connectivity index (χ3v) is 5.82. The second-order valence-electron chi connectivity index (χ2n) is 6.08. The minimum atomic E-state index is -3.85. The second kappa shape index (κ2) is 7.21. The molecule has 0 spiro atoms. The Hall–Kier alpha value is -3.58. The van der Waals surface area contributed by atoms with E-state index in [1.165, 1.54) is 6.33 Å². The van der Waals surface area contributed by atoms with Crippen LogP contribution in [0.1, 0.15) is 10.4 Å². The SMILES string of the molecule is O=Cc1ccc(-c2ncn(S(=O)(=O)c3ccc(-c4ccccc4)cc3)n2)cc1. The molecule has 0 atom stereocenters. The van der Waals surface area contributed by atoms with Gasteiger partial charge in [-0.25, -0.2) is 4.98 Å². The first-order valence-electron chi connectivity index (χ1n) is 8.46. The molecule has 1 heterocycles. The monoisotopic (exact) mass is 389 g/mol. The van der Waals surface area contributed by atoms with E-state index in [9.17, 15) is 13.2 Å². The predicted octanol–water partition coefficient (Wildman–Crippen LogP) is 3.66. The molecule has 0 saturated heterocycles. The zero-order chi connectivity index (χ0) is 19.6. The molecule has 28 heavy (non-hydrogen) atoms. The van der Waals surface area contributed by atoms with E-state index < -0.39 is 10.0 Å². The fourth-order valence-electron chi connectivity index (χ4n) is 2.77. The van der Waals surface area contributed by atoms with E-state index in [4.69, 9.17) is 0 Å². The molecular formula is C21H15N3O3S. The molecule has 138 valence electrons. The third kappa shape index (κ3) is 3.35. The van der Waals surface area contributed by atoms with Crippen molar-refractivity contribution in [2.75, 3.05) is 0 Å². The van der Waals surface area contributed by atoms with Crippen LogP contribution in [0.3, 0.4) is 0 Å². The highest BCUT2D eigenvalue weighted by Gasteiger charge is 2.19. The molecule has 4 aromatic rings. The summed E-state index contributed by atoms with van der Waals surface area (Å²) < 4.78 is 26.5. The third-order valence-electron chi connectivity index (χ3n) is 4.28. The highest BCUT2D eigenvalue weighted by Crippen LogP contribution is 2.22. The van der Waals surface area contributed by atoms with Gasteiger partial charge >= 0.3 is 0 Å². The van der Waals surface area contributed by atoms with Gasteiger partial charge in [0.15, 0.2) is 5.82 Å². The van der Waals surface area contributed by atoms with E-state index in [-0.39, 0.29) is 10.7 Å². The molecule has 0 fully saturated rings. The van der Waals surface area contributed by atoms with E-state index in [2.05, 4.69) is 10.1 Å². The topological polar surface area (TPSA) is 81.9 Å². The van der Waals surface area contributed by atoms with Crippen LogP contribution >= 0.6 is 0 Å². The Morgan fingerprint density at radius 1 is 0.750 bits per heavy atom. The lowest BCUT2D eigenvalue weighted by molar-refractivity contribution is 0.112. The van der Waals surface area contributed by atoms with Gasteiger partial charge in [-0.2, -0.15) is 8.42 Å². The summed E-state index contributed by atoms with van der Waals surface area (Å²) in [5, 5.41) is 4.09. The summed E-state index contributed by atoms with van der Waals surface area (Å²) in [6.45, 7) is 0. The Morgan fingerprint density at radius 2 is 1.36 bits per heavy atom. The first-order valence-corrected chi connectivity index (χ1v) is 9.90. The lowest BCUT2D eigenvalue weighted by Gasteiger charge is -2.06. The summed E-state index contributed by atoms with van der Waals surface area (Å²) >= 11 is 0. The summed E-state index contributed by atoms with van der Waals surface area (Å²) in [6, 6.07) is 22.9. The van der Waals surface area contributed by atoms with Gasteiger partial charge in [0.25, 0.3) is 10.0 Å². The normalized spacial score (nSPS) is 11.3. The maximum Gasteiger partial charge on any atom is 0.284 e. The molecule has 3 aromatic carbocycles. The van der Waals surface area contributed by atoms with Crippen molar-refractivity contribution in [3.8, 4) is 22.5 Å². The maximum absolute atomic E-state index is 12.8. The van der Waals surface area contributed by atoms with Crippen molar-refractivity contribution < 1.29 is 13.2 Å². The van der Waals surface area contributed by atoms with Gasteiger partial charge in [-0.3, -0.25) is 4.79 Å². The van der Waals surface area contributed by atoms with Crippen LogP contribution < -0.4 is 0 Å². The van der Waals surface area contributed by atoms with E-state index in [1.54, 1.807) is 48.5 Å². The van der Waals surface area contributed by atoms with Gasteiger partial charge in [-0.15, -0.1) is 9.19 Å². The number of carbonyl (C=O) groups excluding carboxylic acids is 1. The van der Waals surface area contributed by atoms with Gasteiger partial charge in [-0.05, 0) is 23.3 Å². The molecule has 1 aromatic heterocycles. The molecule has 0 aliphatic heterocycles. The van der Waals surface area contributed by atoms with Crippen LogP contribution in [0.5, 0.6) is 0 Å². The number of nitrogens with zero attached hydrogens (tertiary/aromatic N) is 3. The van der Waals surface area contributed by atoms with Crippen LogP contribution in [0.15, 0.2) is 90.1 Å². The van der Waals surface area contributed by atoms with Crippen molar-refractivity contribution in [1.29, 1.82) is 0 Å². The smallest absolute Gasteiger partial charge is 0.284 e. The molecule has 0 aliphatic carbocycles. The highest BCUT2D eigenvalue weighted by atomic mass is 32.2. The van der Waals surface area contributed by atoms with Crippen LogP contribution in [-0.2, 0) is 10.0 Å². The zero-order valence-electron chi connectivity index (χ0n) is 14.6. The first-order chi connectivity index (χ1) is 13.6. The fraction of sp³-hybridized carbons (Fsp3) is 0. The Kier molecular flexibility index (Phi) is 4.58.